The minimum atomic E-state index is -1.12. The Morgan fingerprint density at radius 1 is 0.457 bits per heavy atom. The second-order valence-electron chi connectivity index (χ2n) is 22.5. The van der Waals surface area contributed by atoms with Crippen LogP contribution in [0.3, 0.4) is 0 Å². The molecule has 30 nitrogen and oxygen atoms in total. The number of aromatic nitrogens is 3. The molecule has 0 aromatic carbocycles. The number of nitrogens with one attached hydrogen (secondary N) is 9. The Morgan fingerprint density at radius 3 is 1.23 bits per heavy atom. The molecule has 0 unspecified atom stereocenters. The van der Waals surface area contributed by atoms with Crippen molar-refractivity contribution in [2.75, 3.05) is 17.3 Å². The van der Waals surface area contributed by atoms with Crippen molar-refractivity contribution < 1.29 is 99.3 Å². The van der Waals surface area contributed by atoms with Gasteiger partial charge in [-0.15, -0.1) is 0 Å². The lowest BCUT2D eigenvalue weighted by molar-refractivity contribution is -0.152. The number of cyclic esters (lactones) is 3. The van der Waals surface area contributed by atoms with E-state index >= 15 is 0 Å². The van der Waals surface area contributed by atoms with E-state index in [0.717, 1.165) is 65.6 Å². The summed E-state index contributed by atoms with van der Waals surface area (Å²) < 4.78 is 58.7. The highest BCUT2D eigenvalue weighted by Gasteiger charge is 2.30. The number of nitrogens with zero attached hydrogens (tertiary/aromatic N) is 3. The van der Waals surface area contributed by atoms with Crippen LogP contribution in [-0.4, -0.2) is 155 Å². The monoisotopic (exact) mass is 1520 g/mol. The molecular weight excluding hydrogens is 1440 g/mol. The van der Waals surface area contributed by atoms with Crippen molar-refractivity contribution >= 4 is 122 Å². The highest BCUT2D eigenvalue weighted by atomic mass is 32.2. The topological polar surface area (TPSA) is 431 Å². The van der Waals surface area contributed by atoms with Crippen molar-refractivity contribution in [2.45, 2.75) is 157 Å². The van der Waals surface area contributed by atoms with E-state index in [1.54, 1.807) is 24.3 Å². The number of esters is 3. The molecule has 564 valence electrons. The molecule has 105 heavy (non-hydrogen) atoms. The number of hydrogen-bond donors (Lipinski definition) is 9. The van der Waals surface area contributed by atoms with Crippen molar-refractivity contribution in [3.05, 3.63) is 160 Å². The number of rotatable bonds is 12. The number of ether oxygens (including phenoxy) is 3. The summed E-state index contributed by atoms with van der Waals surface area (Å²) in [5.74, 6) is -9.61. The van der Waals surface area contributed by atoms with Crippen LogP contribution < -0.4 is 47.9 Å². The van der Waals surface area contributed by atoms with E-state index in [0.29, 0.717) is 36.5 Å². The summed E-state index contributed by atoms with van der Waals surface area (Å²) in [4.78, 5) is 195. The van der Waals surface area contributed by atoms with E-state index in [1.165, 1.54) is 98.8 Å². The summed E-state index contributed by atoms with van der Waals surface area (Å²) in [5, 5.41) is 21.8. The van der Waals surface area contributed by atoms with Gasteiger partial charge >= 0.3 is 17.9 Å². The van der Waals surface area contributed by atoms with Crippen LogP contribution in [0.4, 0.5) is 13.2 Å². The minimum absolute atomic E-state index is 0.0206. The SMILES string of the molecule is C/C=C1\NC(=O)c2cc(F)cc(n2)CNC(=O)C[C@@H](/C=C/CCSC(C)=O)OC(=O)[C@@H](C)NC1=O.C/C=C1\NC(=O)c2ccc(F)c(n2)CNC(=O)C[C@@H](/C=C/CCSC(C)=O)OC(=O)[C@@H](C)NC1=O.C/C=C1\NC(=O)c2nc(ccc2F)CNC(=O)C[C@@H](/C=C/CCSC(C)=O)OC(=O)[C@@H](C)NC1=O. The minimum Gasteiger partial charge on any atom is -0.456 e. The van der Waals surface area contributed by atoms with E-state index < -0.39 is 131 Å². The summed E-state index contributed by atoms with van der Waals surface area (Å²) in [5.41, 5.74) is -1.39. The number of fused-ring (bicyclic) bond motifs is 6. The van der Waals surface area contributed by atoms with Crippen molar-refractivity contribution in [1.82, 2.24) is 62.8 Å². The molecule has 0 radical (unpaired) electrons. The largest absolute Gasteiger partial charge is 0.456 e. The van der Waals surface area contributed by atoms with Gasteiger partial charge in [0, 0.05) is 44.1 Å². The molecule has 0 fully saturated rings. The van der Waals surface area contributed by atoms with Crippen LogP contribution in [0.2, 0.25) is 0 Å². The van der Waals surface area contributed by atoms with Crippen LogP contribution in [0.5, 0.6) is 0 Å². The first kappa shape index (κ1) is 86.8. The maximum absolute atomic E-state index is 14.2. The summed E-state index contributed by atoms with van der Waals surface area (Å²) in [7, 11) is 0. The molecular formula is C69H81F3N12O18S3. The molecule has 3 aromatic rings. The van der Waals surface area contributed by atoms with Crippen LogP contribution in [-0.2, 0) is 91.4 Å². The average molecular weight is 1520 g/mol. The molecule has 9 amide bonds. The number of allylic oxidation sites excluding steroid dienone is 6. The van der Waals surface area contributed by atoms with E-state index in [9.17, 15) is 85.1 Å². The van der Waals surface area contributed by atoms with Gasteiger partial charge in [-0.3, -0.25) is 57.5 Å². The Hall–Kier alpha value is -10.6. The molecule has 6 heterocycles. The van der Waals surface area contributed by atoms with E-state index in [4.69, 9.17) is 14.2 Å². The fourth-order valence-electron chi connectivity index (χ4n) is 8.65. The quantitative estimate of drug-likeness (QED) is 0.0395. The Morgan fingerprint density at radius 2 is 0.829 bits per heavy atom. The first-order chi connectivity index (χ1) is 49.8. The molecule has 9 N–H and O–H groups in total. The van der Waals surface area contributed by atoms with Crippen molar-refractivity contribution in [2.24, 2.45) is 0 Å². The van der Waals surface area contributed by atoms with Gasteiger partial charge in [-0.25, -0.2) is 42.5 Å². The molecule has 3 aromatic heterocycles. The number of carbonyl (C=O) groups excluding carboxylic acids is 15. The number of amides is 9. The van der Waals surface area contributed by atoms with Gasteiger partial charge in [0.2, 0.25) is 17.7 Å². The van der Waals surface area contributed by atoms with Crippen molar-refractivity contribution in [1.29, 1.82) is 0 Å². The van der Waals surface area contributed by atoms with Gasteiger partial charge in [-0.2, -0.15) is 0 Å². The Balaban J connectivity index is 0.000000333. The first-order valence-electron chi connectivity index (χ1n) is 32.4. The van der Waals surface area contributed by atoms with E-state index in [-0.39, 0.29) is 99.8 Å². The standard InChI is InChI=1S/3C23H27FN4O6S/c1-4-18-21(31)26-13(2)23(33)34-16(7-5-6-10-35-14(3)29)11-19(30)25-12-15-8-9-17(24)20(27-15)22(32)28-18;1-4-17-21(31)26-13(2)23(33)34-15(7-5-6-10-35-14(3)29)11-20(30)25-12-19-16(24)8-9-18(27-19)22(32)28-17;1-4-18-21(31)26-13(2)23(33)34-17(7-5-6-8-35-14(3)29)11-20(30)25-12-16-9-15(24)10-19(27-16)22(32)28-18/h4-5,7-9,13,16H,6,10-12H2,1-3H3,(H,25,30)(H,26,31)(H,28,32);4-5,7-9,13,15H,6,10-12H2,1-3H3,(H,25,30)(H,26,31)(H,28,32);4-5,7,9-10,13,17H,6,8,11-12H2,1-3H3,(H,25,30)(H,26,31)(H,28,32)/b7-5+,18-4-;7-5+,17-4-;7-5+,18-4-/t13-,16-;13-,15-;13-,17-/m111/s1. The number of pyridine rings is 3. The van der Waals surface area contributed by atoms with Crippen molar-refractivity contribution in [3.63, 3.8) is 0 Å². The summed E-state index contributed by atoms with van der Waals surface area (Å²) in [6, 6.07) is 3.19. The zero-order valence-electron chi connectivity index (χ0n) is 58.7. The molecule has 0 saturated carbocycles. The van der Waals surface area contributed by atoms with E-state index in [1.807, 2.05) is 0 Å². The van der Waals surface area contributed by atoms with Gasteiger partial charge in [0.05, 0.1) is 56.0 Å². The molecule has 0 spiro atoms. The second-order valence-corrected chi connectivity index (χ2v) is 26.3. The highest BCUT2D eigenvalue weighted by molar-refractivity contribution is 8.14. The van der Waals surface area contributed by atoms with Crippen molar-refractivity contribution in [3.8, 4) is 0 Å². The number of thioether (sulfide) groups is 3. The zero-order chi connectivity index (χ0) is 77.9. The molecule has 6 bridgehead atoms. The van der Waals surface area contributed by atoms with E-state index in [2.05, 4.69) is 62.8 Å². The lowest BCUT2D eigenvalue weighted by atomic mass is 10.2. The van der Waals surface area contributed by atoms with Gasteiger partial charge in [0.15, 0.2) is 26.9 Å². The Labute approximate surface area is 614 Å². The Kier molecular flexibility index (Phi) is 37.0. The van der Waals surface area contributed by atoms with Crippen LogP contribution in [0.1, 0.15) is 149 Å². The first-order valence-corrected chi connectivity index (χ1v) is 35.4. The third-order valence-corrected chi connectivity index (χ3v) is 16.5. The van der Waals surface area contributed by atoms with Gasteiger partial charge in [-0.1, -0.05) is 71.7 Å². The smallest absolute Gasteiger partial charge is 0.328 e. The molecule has 6 rings (SSSR count). The third kappa shape index (κ3) is 31.9. The van der Waals surface area contributed by atoms with Crippen LogP contribution in [0.25, 0.3) is 0 Å². The average Bonchev–Trinajstić information content (AvgIpc) is 0.870. The normalized spacial score (nSPS) is 21.3. The molecule has 3 aliphatic rings. The van der Waals surface area contributed by atoms with Crippen LogP contribution in [0, 0.1) is 17.5 Å². The Bertz CT molecular complexity index is 3960. The van der Waals surface area contributed by atoms with Gasteiger partial charge in [0.25, 0.3) is 35.4 Å². The fourth-order valence-corrected chi connectivity index (χ4v) is 10.3. The molecule has 36 heteroatoms. The fraction of sp³-hybridized carbons (Fsp3) is 0.391. The number of hydrogen-bond acceptors (Lipinski definition) is 24. The summed E-state index contributed by atoms with van der Waals surface area (Å²) in [6.07, 6.45) is 11.5. The van der Waals surface area contributed by atoms with Crippen LogP contribution >= 0.6 is 35.3 Å². The number of carbonyl (C=O) groups is 15. The number of halogens is 3. The molecule has 0 aliphatic carbocycles. The highest BCUT2D eigenvalue weighted by Crippen LogP contribution is 2.16. The van der Waals surface area contributed by atoms with Crippen LogP contribution in [0.15, 0.2) is 108 Å². The maximum atomic E-state index is 14.2. The second kappa shape index (κ2) is 44.8. The van der Waals surface area contributed by atoms with Gasteiger partial charge in [0.1, 0.15) is 76.6 Å². The lowest BCUT2D eigenvalue weighted by Gasteiger charge is -2.20. The molecule has 3 aliphatic heterocycles. The third-order valence-electron chi connectivity index (χ3n) is 14.0. The zero-order valence-corrected chi connectivity index (χ0v) is 61.1. The van der Waals surface area contributed by atoms with Gasteiger partial charge in [-0.05, 0) is 109 Å². The predicted molar refractivity (Wildman–Crippen MR) is 379 cm³/mol. The van der Waals surface area contributed by atoms with Gasteiger partial charge < -0.3 is 62.1 Å². The predicted octanol–water partition coefficient (Wildman–Crippen LogP) is 4.55. The lowest BCUT2D eigenvalue weighted by Crippen LogP contribution is -2.44. The summed E-state index contributed by atoms with van der Waals surface area (Å²) >= 11 is 3.43. The molecule has 6 atom stereocenters. The summed E-state index contributed by atoms with van der Waals surface area (Å²) in [6.45, 7) is 12.5. The maximum Gasteiger partial charge on any atom is 0.328 e. The molecule has 0 saturated heterocycles.